The molecule has 214 valence electrons. The number of hydrogen-bond acceptors (Lipinski definition) is 9. The summed E-state index contributed by atoms with van der Waals surface area (Å²) in [5, 5.41) is 22.1. The van der Waals surface area contributed by atoms with Crippen LogP contribution in [-0.4, -0.2) is 70.8 Å². The van der Waals surface area contributed by atoms with E-state index in [1.165, 1.54) is 6.07 Å². The van der Waals surface area contributed by atoms with Crippen molar-refractivity contribution in [1.82, 2.24) is 26.0 Å². The zero-order valence-corrected chi connectivity index (χ0v) is 22.7. The number of alkyl carbamates (subject to hydrolysis) is 1. The SMILES string of the molecule is CCOC(=O)NC(=NCCCc1cnc[nH]1)NC1CCN(c2ccc(C3=NNC(=O)CC3C)cc2[N+](=O)[O-])CC1. The molecule has 0 bridgehead atoms. The van der Waals surface area contributed by atoms with E-state index in [-0.39, 0.29) is 41.5 Å². The summed E-state index contributed by atoms with van der Waals surface area (Å²) in [6.45, 7) is 5.52. The van der Waals surface area contributed by atoms with Crippen molar-refractivity contribution in [2.24, 2.45) is 16.0 Å². The summed E-state index contributed by atoms with van der Waals surface area (Å²) >= 11 is 0. The first kappa shape index (κ1) is 28.5. The summed E-state index contributed by atoms with van der Waals surface area (Å²) in [5.41, 5.74) is 5.27. The van der Waals surface area contributed by atoms with E-state index in [2.05, 4.69) is 36.1 Å². The molecule has 1 atom stereocenters. The second-order valence-electron chi connectivity index (χ2n) is 9.76. The summed E-state index contributed by atoms with van der Waals surface area (Å²) in [7, 11) is 0. The Kier molecular flexibility index (Phi) is 9.65. The molecule has 1 aromatic carbocycles. The van der Waals surface area contributed by atoms with Crippen LogP contribution in [0.4, 0.5) is 16.2 Å². The molecule has 1 aromatic heterocycles. The summed E-state index contributed by atoms with van der Waals surface area (Å²) < 4.78 is 5.02. The molecule has 1 fully saturated rings. The fourth-order valence-corrected chi connectivity index (χ4v) is 4.82. The van der Waals surface area contributed by atoms with Crippen LogP contribution in [0.15, 0.2) is 40.8 Å². The molecule has 3 heterocycles. The maximum atomic E-state index is 12.1. The van der Waals surface area contributed by atoms with Crippen molar-refractivity contribution < 1.29 is 19.2 Å². The molecule has 2 aromatic rings. The van der Waals surface area contributed by atoms with Gasteiger partial charge in [0.1, 0.15) is 5.69 Å². The Morgan fingerprint density at radius 1 is 1.32 bits per heavy atom. The van der Waals surface area contributed by atoms with Crippen molar-refractivity contribution >= 4 is 35.0 Å². The van der Waals surface area contributed by atoms with Gasteiger partial charge in [-0.25, -0.2) is 15.2 Å². The lowest BCUT2D eigenvalue weighted by Crippen LogP contribution is -2.50. The lowest BCUT2D eigenvalue weighted by Gasteiger charge is -2.34. The topological polar surface area (TPSA) is 179 Å². The van der Waals surface area contributed by atoms with Crippen LogP contribution in [0.25, 0.3) is 0 Å². The second-order valence-corrected chi connectivity index (χ2v) is 9.76. The van der Waals surface area contributed by atoms with E-state index >= 15 is 0 Å². The largest absolute Gasteiger partial charge is 0.450 e. The lowest BCUT2D eigenvalue weighted by molar-refractivity contribution is -0.384. The zero-order valence-electron chi connectivity index (χ0n) is 22.7. The average Bonchev–Trinajstić information content (AvgIpc) is 3.45. The first-order chi connectivity index (χ1) is 19.3. The van der Waals surface area contributed by atoms with Crippen LogP contribution in [0.1, 0.15) is 50.8 Å². The maximum Gasteiger partial charge on any atom is 0.413 e. The highest BCUT2D eigenvalue weighted by molar-refractivity contribution is 6.06. The highest BCUT2D eigenvalue weighted by atomic mass is 16.6. The van der Waals surface area contributed by atoms with Crippen molar-refractivity contribution in [3.8, 4) is 0 Å². The fourth-order valence-electron chi connectivity index (χ4n) is 4.82. The molecule has 2 aliphatic rings. The molecule has 0 saturated carbocycles. The van der Waals surface area contributed by atoms with Gasteiger partial charge in [-0.3, -0.25) is 25.2 Å². The van der Waals surface area contributed by atoms with Gasteiger partial charge in [0.05, 0.1) is 23.6 Å². The van der Waals surface area contributed by atoms with Crippen LogP contribution in [0.2, 0.25) is 0 Å². The smallest absolute Gasteiger partial charge is 0.413 e. The molecular formula is C26H35N9O5. The molecule has 2 aliphatic heterocycles. The van der Waals surface area contributed by atoms with Crippen LogP contribution in [0.5, 0.6) is 0 Å². The Hall–Kier alpha value is -4.49. The predicted octanol–water partition coefficient (Wildman–Crippen LogP) is 2.47. The Morgan fingerprint density at radius 2 is 2.12 bits per heavy atom. The van der Waals surface area contributed by atoms with Gasteiger partial charge in [-0.15, -0.1) is 0 Å². The summed E-state index contributed by atoms with van der Waals surface area (Å²) in [6.07, 6.45) is 6.05. The standard InChI is InChI=1S/C26H35N9O5/c1-3-40-26(37)31-25(28-10-4-5-20-15-27-16-29-20)30-19-8-11-34(12-9-19)21-7-6-18(14-22(21)35(38)39)24-17(2)13-23(36)32-33-24/h6-7,14-17,19H,3-5,8-13H2,1-2H3,(H,27,29)(H,32,36)(H2,28,30,31,37). The second kappa shape index (κ2) is 13.5. The van der Waals surface area contributed by atoms with Crippen molar-refractivity contribution in [3.05, 3.63) is 52.1 Å². The molecule has 0 spiro atoms. The van der Waals surface area contributed by atoms with E-state index < -0.39 is 6.09 Å². The summed E-state index contributed by atoms with van der Waals surface area (Å²) in [4.78, 5) is 48.9. The minimum Gasteiger partial charge on any atom is -0.450 e. The summed E-state index contributed by atoms with van der Waals surface area (Å²) in [6, 6.07) is 5.12. The van der Waals surface area contributed by atoms with Crippen molar-refractivity contribution in [3.63, 3.8) is 0 Å². The number of nitro benzene ring substituents is 1. The van der Waals surface area contributed by atoms with Gasteiger partial charge in [0.2, 0.25) is 11.9 Å². The Morgan fingerprint density at radius 3 is 2.80 bits per heavy atom. The molecule has 4 N–H and O–H groups in total. The summed E-state index contributed by atoms with van der Waals surface area (Å²) in [5.74, 6) is 0.0514. The average molecular weight is 554 g/mol. The van der Waals surface area contributed by atoms with E-state index in [9.17, 15) is 19.7 Å². The third kappa shape index (κ3) is 7.55. The number of carbonyl (C=O) groups is 2. The van der Waals surface area contributed by atoms with Gasteiger partial charge in [0.25, 0.3) is 5.69 Å². The minimum atomic E-state index is -0.577. The molecule has 2 amide bonds. The zero-order chi connectivity index (χ0) is 28.5. The number of H-pyrrole nitrogens is 1. The van der Waals surface area contributed by atoms with Gasteiger partial charge in [0, 0.05) is 61.5 Å². The number of carbonyl (C=O) groups excluding carboxylic acids is 2. The number of aromatic amines is 1. The number of nitro groups is 1. The molecular weight excluding hydrogens is 518 g/mol. The number of aryl methyl sites for hydroxylation is 1. The molecule has 0 radical (unpaired) electrons. The monoisotopic (exact) mass is 553 g/mol. The number of rotatable bonds is 9. The van der Waals surface area contributed by atoms with Gasteiger partial charge < -0.3 is 19.9 Å². The number of amides is 2. The number of piperidine rings is 1. The van der Waals surface area contributed by atoms with Crippen LogP contribution in [-0.2, 0) is 16.0 Å². The highest BCUT2D eigenvalue weighted by Gasteiger charge is 2.28. The minimum absolute atomic E-state index is 0.000735. The van der Waals surface area contributed by atoms with Crippen molar-refractivity contribution in [2.45, 2.75) is 52.0 Å². The van der Waals surface area contributed by atoms with Crippen molar-refractivity contribution in [2.75, 3.05) is 31.1 Å². The molecule has 1 saturated heterocycles. The van der Waals surface area contributed by atoms with Gasteiger partial charge in [-0.05, 0) is 38.7 Å². The molecule has 14 nitrogen and oxygen atoms in total. The number of nitrogens with one attached hydrogen (secondary N) is 4. The number of benzene rings is 1. The van der Waals surface area contributed by atoms with E-state index in [1.807, 2.05) is 17.9 Å². The predicted molar refractivity (Wildman–Crippen MR) is 149 cm³/mol. The lowest BCUT2D eigenvalue weighted by atomic mass is 9.93. The van der Waals surface area contributed by atoms with Gasteiger partial charge in [0.15, 0.2) is 0 Å². The number of hydrogen-bond donors (Lipinski definition) is 4. The normalized spacial score (nSPS) is 18.1. The van der Waals surface area contributed by atoms with E-state index in [4.69, 9.17) is 4.74 Å². The fraction of sp³-hybridized carbons (Fsp3) is 0.500. The number of aliphatic imine (C=N–C) groups is 1. The molecule has 1 unspecified atom stereocenters. The third-order valence-electron chi connectivity index (χ3n) is 6.83. The quantitative estimate of drug-likeness (QED) is 0.120. The highest BCUT2D eigenvalue weighted by Crippen LogP contribution is 2.32. The molecule has 0 aliphatic carbocycles. The maximum absolute atomic E-state index is 12.1. The number of imidazole rings is 1. The van der Waals surface area contributed by atoms with Gasteiger partial charge in [-0.1, -0.05) is 13.0 Å². The molecule has 14 heteroatoms. The van der Waals surface area contributed by atoms with E-state index in [0.717, 1.165) is 18.5 Å². The van der Waals surface area contributed by atoms with Crippen LogP contribution in [0, 0.1) is 16.0 Å². The Bertz CT molecular complexity index is 1250. The van der Waals surface area contributed by atoms with E-state index in [1.54, 1.807) is 25.5 Å². The number of nitrogens with zero attached hydrogens (tertiary/aromatic N) is 5. The Balaban J connectivity index is 1.38. The van der Waals surface area contributed by atoms with Crippen molar-refractivity contribution in [1.29, 1.82) is 0 Å². The number of anilines is 1. The van der Waals surface area contributed by atoms with Crippen LogP contribution in [0.3, 0.4) is 0 Å². The van der Waals surface area contributed by atoms with Crippen LogP contribution < -0.4 is 21.0 Å². The van der Waals surface area contributed by atoms with Crippen LogP contribution >= 0.6 is 0 Å². The Labute approximate surface area is 231 Å². The van der Waals surface area contributed by atoms with Gasteiger partial charge in [-0.2, -0.15) is 5.10 Å². The number of aromatic nitrogens is 2. The molecule has 40 heavy (non-hydrogen) atoms. The number of guanidine groups is 1. The van der Waals surface area contributed by atoms with Gasteiger partial charge >= 0.3 is 6.09 Å². The first-order valence-electron chi connectivity index (χ1n) is 13.5. The first-order valence-corrected chi connectivity index (χ1v) is 13.5. The number of hydrazone groups is 1. The van der Waals surface area contributed by atoms with E-state index in [0.29, 0.717) is 55.4 Å². The number of ether oxygens (including phenoxy) is 1. The third-order valence-corrected chi connectivity index (χ3v) is 6.83. The molecule has 4 rings (SSSR count).